The molecule has 1 aliphatic heterocycles. The molecule has 52 heavy (non-hydrogen) atoms. The number of nitrogens with zero attached hydrogens (tertiary/aromatic N) is 5. The van der Waals surface area contributed by atoms with Gasteiger partial charge in [0.2, 0.25) is 0 Å². The van der Waals surface area contributed by atoms with E-state index in [-0.39, 0.29) is 17.7 Å². The normalized spacial score (nSPS) is 14.6. The molecule has 2 amide bonds. The highest BCUT2D eigenvalue weighted by atomic mass is 16.6. The maximum atomic E-state index is 13.4. The van der Waals surface area contributed by atoms with Crippen molar-refractivity contribution in [3.63, 3.8) is 0 Å². The third-order valence-corrected chi connectivity index (χ3v) is 10.2. The number of nitrogens with one attached hydrogen (secondary N) is 1. The summed E-state index contributed by atoms with van der Waals surface area (Å²) < 4.78 is 7.41. The van der Waals surface area contributed by atoms with E-state index in [2.05, 4.69) is 56.8 Å². The number of hydrogen-bond acceptors (Lipinski definition) is 7. The Hall–Kier alpha value is -4.47. The second-order valence-corrected chi connectivity index (χ2v) is 16.2. The molecule has 2 N–H and O–H groups in total. The number of amides is 2. The van der Waals surface area contributed by atoms with E-state index in [4.69, 9.17) is 9.72 Å². The molecule has 0 bridgehead atoms. The molecule has 0 aliphatic carbocycles. The second-order valence-electron chi connectivity index (χ2n) is 16.2. The summed E-state index contributed by atoms with van der Waals surface area (Å²) >= 11 is 0. The lowest BCUT2D eigenvalue weighted by molar-refractivity contribution is 0.0436. The molecule has 0 saturated carbocycles. The highest BCUT2D eigenvalue weighted by molar-refractivity contribution is 6.01. The first kappa shape index (κ1) is 41.9. The molecule has 5 rings (SSSR count). The third kappa shape index (κ3) is 8.76. The number of ether oxygens (including phenoxy) is 1. The first-order valence-corrected chi connectivity index (χ1v) is 18.6. The average molecular weight is 715 g/mol. The van der Waals surface area contributed by atoms with Gasteiger partial charge in [-0.25, -0.2) is 19.7 Å². The van der Waals surface area contributed by atoms with Crippen LogP contribution in [-0.2, 0) is 10.3 Å². The van der Waals surface area contributed by atoms with Crippen molar-refractivity contribution in [3.8, 4) is 22.6 Å². The molecule has 0 radical (unpaired) electrons. The largest absolute Gasteiger partial charge is 0.506 e. The smallest absolute Gasteiger partial charge is 0.408 e. The summed E-state index contributed by atoms with van der Waals surface area (Å²) in [6.45, 7) is 29.1. The molecular weight excluding hydrogens is 653 g/mol. The molecule has 10 nitrogen and oxygen atoms in total. The van der Waals surface area contributed by atoms with E-state index in [9.17, 15) is 14.7 Å². The Morgan fingerprint density at radius 3 is 1.96 bits per heavy atom. The predicted molar refractivity (Wildman–Crippen MR) is 211 cm³/mol. The zero-order chi connectivity index (χ0) is 39.4. The van der Waals surface area contributed by atoms with Crippen LogP contribution >= 0.6 is 0 Å². The van der Waals surface area contributed by atoms with E-state index in [0.717, 1.165) is 22.2 Å². The van der Waals surface area contributed by atoms with E-state index < -0.39 is 17.2 Å². The van der Waals surface area contributed by atoms with Crippen molar-refractivity contribution in [2.45, 2.75) is 133 Å². The minimum absolute atomic E-state index is 0.0117. The molecule has 2 aromatic heterocycles. The Bertz CT molecular complexity index is 1830. The summed E-state index contributed by atoms with van der Waals surface area (Å²) in [6.07, 6.45) is 4.82. The molecule has 2 aromatic carbocycles. The summed E-state index contributed by atoms with van der Waals surface area (Å²) in [5.74, 6) is 1.04. The number of alkyl carbamates (subject to hydrolysis) is 1. The number of phenols is 1. The summed E-state index contributed by atoms with van der Waals surface area (Å²) in [4.78, 5) is 42.0. The molecule has 1 unspecified atom stereocenters. The Kier molecular flexibility index (Phi) is 12.9. The van der Waals surface area contributed by atoms with Crippen LogP contribution in [-0.4, -0.2) is 54.2 Å². The SMILES string of the molecule is CC.CC(C)(C)C(C)(C)C.CCC1c2nc3ccc(-c4cnc(C(CC)(CC)NC(=O)OC(C)(C)C)nc4)cc3n2-c2c(O)cccc2C(=O)N1C. The van der Waals surface area contributed by atoms with Gasteiger partial charge in [0.05, 0.1) is 22.6 Å². The monoisotopic (exact) mass is 714 g/mol. The van der Waals surface area contributed by atoms with Crippen LogP contribution in [0.3, 0.4) is 0 Å². The van der Waals surface area contributed by atoms with Gasteiger partial charge in [0.25, 0.3) is 5.91 Å². The van der Waals surface area contributed by atoms with Gasteiger partial charge in [-0.3, -0.25) is 9.36 Å². The number of rotatable bonds is 6. The first-order valence-electron chi connectivity index (χ1n) is 18.6. The molecule has 0 spiro atoms. The zero-order valence-electron chi connectivity index (χ0n) is 34.2. The van der Waals surface area contributed by atoms with Crippen molar-refractivity contribution >= 4 is 23.0 Å². The second kappa shape index (κ2) is 16.0. The van der Waals surface area contributed by atoms with Gasteiger partial charge in [0.15, 0.2) is 5.82 Å². The summed E-state index contributed by atoms with van der Waals surface area (Å²) in [6, 6.07) is 10.6. The van der Waals surface area contributed by atoms with Gasteiger partial charge >= 0.3 is 6.09 Å². The quantitative estimate of drug-likeness (QED) is 0.204. The highest BCUT2D eigenvalue weighted by Crippen LogP contribution is 2.40. The van der Waals surface area contributed by atoms with Crippen molar-refractivity contribution in [1.29, 1.82) is 0 Å². The van der Waals surface area contributed by atoms with Gasteiger partial charge in [-0.15, -0.1) is 0 Å². The van der Waals surface area contributed by atoms with Crippen LogP contribution in [0.2, 0.25) is 0 Å². The van der Waals surface area contributed by atoms with Crippen LogP contribution in [0.4, 0.5) is 4.79 Å². The molecule has 284 valence electrons. The summed E-state index contributed by atoms with van der Waals surface area (Å²) in [7, 11) is 1.77. The molecular formula is C42H62N6O4. The van der Waals surface area contributed by atoms with Crippen LogP contribution < -0.4 is 5.32 Å². The average Bonchev–Trinajstić information content (AvgIpc) is 3.40. The van der Waals surface area contributed by atoms with Crippen molar-refractivity contribution in [2.24, 2.45) is 10.8 Å². The van der Waals surface area contributed by atoms with Gasteiger partial charge < -0.3 is 20.1 Å². The van der Waals surface area contributed by atoms with E-state index in [1.54, 1.807) is 42.5 Å². The third-order valence-electron chi connectivity index (χ3n) is 10.2. The number of hydrogen-bond donors (Lipinski definition) is 2. The van der Waals surface area contributed by atoms with Gasteiger partial charge in [0.1, 0.15) is 28.4 Å². The van der Waals surface area contributed by atoms with Crippen molar-refractivity contribution < 1.29 is 19.4 Å². The lowest BCUT2D eigenvalue weighted by atomic mass is 9.71. The van der Waals surface area contributed by atoms with Gasteiger partial charge in [-0.2, -0.15) is 0 Å². The lowest BCUT2D eigenvalue weighted by Crippen LogP contribution is -2.48. The number of phenolic OH excluding ortho intramolecular Hbond substituents is 1. The molecule has 1 aliphatic rings. The molecule has 3 heterocycles. The molecule has 1 atom stereocenters. The van der Waals surface area contributed by atoms with Crippen LogP contribution in [0, 0.1) is 10.8 Å². The molecule has 4 aromatic rings. The van der Waals surface area contributed by atoms with Gasteiger partial charge in [-0.1, -0.05) is 88.3 Å². The minimum atomic E-state index is -0.775. The Morgan fingerprint density at radius 1 is 0.885 bits per heavy atom. The number of benzene rings is 2. The number of aromatic hydroxyl groups is 1. The summed E-state index contributed by atoms with van der Waals surface area (Å²) in [5.41, 5.74) is 3.46. The Balaban J connectivity index is 0.000000645. The van der Waals surface area contributed by atoms with E-state index >= 15 is 0 Å². The fraction of sp³-hybridized carbons (Fsp3) is 0.548. The van der Waals surface area contributed by atoms with E-state index in [1.807, 2.05) is 78.2 Å². The van der Waals surface area contributed by atoms with Gasteiger partial charge in [0, 0.05) is 25.0 Å². The first-order chi connectivity index (χ1) is 24.2. The standard InChI is InChI=1S/C32H38N6O4.C8H18.C2H6/c1-8-23-27-35-22-15-14-19(16-24(22)38(27)26-21(28(40)37(23)7)12-11-13-25(26)39)20-17-33-29(34-18-20)32(9-2,10-3)36-30(41)42-31(4,5)6;1-7(2,3)8(4,5)6;1-2/h11-18,23,39H,8-10H2,1-7H3,(H,36,41);1-6H3;1-2H3. The molecule has 0 fully saturated rings. The Labute approximate surface area is 311 Å². The number of para-hydroxylation sites is 1. The fourth-order valence-electron chi connectivity index (χ4n) is 5.65. The van der Waals surface area contributed by atoms with Crippen molar-refractivity contribution in [3.05, 3.63) is 66.0 Å². The van der Waals surface area contributed by atoms with Gasteiger partial charge in [-0.05, 0) is 80.7 Å². The fourth-order valence-corrected chi connectivity index (χ4v) is 5.65. The van der Waals surface area contributed by atoms with Crippen LogP contribution in [0.1, 0.15) is 144 Å². The van der Waals surface area contributed by atoms with E-state index in [1.165, 1.54) is 0 Å². The lowest BCUT2D eigenvalue weighted by Gasteiger charge is -2.34. The molecule has 10 heteroatoms. The minimum Gasteiger partial charge on any atom is -0.506 e. The Morgan fingerprint density at radius 2 is 1.46 bits per heavy atom. The van der Waals surface area contributed by atoms with Crippen LogP contribution in [0.15, 0.2) is 48.8 Å². The molecule has 0 saturated heterocycles. The topological polar surface area (TPSA) is 122 Å². The number of carbonyl (C=O) groups excluding carboxylic acids is 2. The van der Waals surface area contributed by atoms with Crippen molar-refractivity contribution in [2.75, 3.05) is 7.05 Å². The predicted octanol–water partition coefficient (Wildman–Crippen LogP) is 10.4. The van der Waals surface area contributed by atoms with Crippen LogP contribution in [0.5, 0.6) is 5.75 Å². The van der Waals surface area contributed by atoms with Crippen molar-refractivity contribution in [1.82, 2.24) is 29.7 Å². The highest BCUT2D eigenvalue weighted by Gasteiger charge is 2.36. The number of imidazole rings is 1. The number of aromatic nitrogens is 4. The van der Waals surface area contributed by atoms with Crippen LogP contribution in [0.25, 0.3) is 27.8 Å². The number of carbonyl (C=O) groups is 2. The summed E-state index contributed by atoms with van der Waals surface area (Å²) in [5, 5.41) is 14.0. The maximum absolute atomic E-state index is 13.4. The maximum Gasteiger partial charge on any atom is 0.408 e. The zero-order valence-corrected chi connectivity index (χ0v) is 34.2. The number of fused-ring (bicyclic) bond motifs is 5. The van der Waals surface area contributed by atoms with E-state index in [0.29, 0.717) is 53.0 Å².